The number of ketones is 1. The molecule has 1 aliphatic rings. The standard InChI is InChI=1S/C26H27FN2O6/c1-26(2,3)35-24(31)28-11-12-29(25(32)33-16-17-7-5-4-6-8-17)20(15-28)23(30)22-14-18-13-19(27)9-10-21(18)34-22/h4-10,13-14,20H,11-12,15-16H2,1-3H3. The maximum Gasteiger partial charge on any atom is 0.410 e. The maximum atomic E-state index is 13.6. The van der Waals surface area contributed by atoms with Gasteiger partial charge in [0.05, 0.1) is 6.54 Å². The Balaban J connectivity index is 1.57. The smallest absolute Gasteiger partial charge is 0.410 e. The number of hydrogen-bond donors (Lipinski definition) is 0. The molecule has 2 heterocycles. The molecule has 0 aliphatic carbocycles. The molecule has 2 amide bonds. The van der Waals surface area contributed by atoms with Crippen LogP contribution in [0.5, 0.6) is 0 Å². The van der Waals surface area contributed by atoms with Gasteiger partial charge in [0.1, 0.15) is 29.7 Å². The topological polar surface area (TPSA) is 89.3 Å². The molecule has 0 radical (unpaired) electrons. The summed E-state index contributed by atoms with van der Waals surface area (Å²) in [6.07, 6.45) is -1.27. The zero-order valence-corrected chi connectivity index (χ0v) is 19.8. The van der Waals surface area contributed by atoms with Gasteiger partial charge in [0.15, 0.2) is 5.76 Å². The number of piperazine rings is 1. The first-order chi connectivity index (χ1) is 16.6. The molecule has 9 heteroatoms. The van der Waals surface area contributed by atoms with Crippen LogP contribution in [0.15, 0.2) is 59.0 Å². The first-order valence-electron chi connectivity index (χ1n) is 11.3. The van der Waals surface area contributed by atoms with E-state index in [-0.39, 0.29) is 32.0 Å². The zero-order valence-electron chi connectivity index (χ0n) is 19.8. The van der Waals surface area contributed by atoms with E-state index in [1.807, 2.05) is 30.3 Å². The summed E-state index contributed by atoms with van der Waals surface area (Å²) in [7, 11) is 0. The molecule has 2 aromatic carbocycles. The summed E-state index contributed by atoms with van der Waals surface area (Å²) in [6.45, 7) is 5.42. The molecule has 0 saturated carbocycles. The summed E-state index contributed by atoms with van der Waals surface area (Å²) in [6, 6.07) is 13.5. The van der Waals surface area contributed by atoms with Crippen molar-refractivity contribution in [3.63, 3.8) is 0 Å². The fourth-order valence-corrected chi connectivity index (χ4v) is 3.82. The molecule has 1 fully saturated rings. The molecular formula is C26H27FN2O6. The predicted molar refractivity (Wildman–Crippen MR) is 125 cm³/mol. The van der Waals surface area contributed by atoms with Crippen LogP contribution < -0.4 is 0 Å². The van der Waals surface area contributed by atoms with E-state index in [2.05, 4.69) is 0 Å². The molecule has 0 spiro atoms. The van der Waals surface area contributed by atoms with E-state index in [0.29, 0.717) is 11.0 Å². The highest BCUT2D eigenvalue weighted by molar-refractivity contribution is 6.02. The Labute approximate surface area is 202 Å². The van der Waals surface area contributed by atoms with Crippen LogP contribution in [0.1, 0.15) is 36.9 Å². The van der Waals surface area contributed by atoms with Crippen molar-refractivity contribution < 1.29 is 32.7 Å². The summed E-state index contributed by atoms with van der Waals surface area (Å²) in [5, 5.41) is 0.423. The van der Waals surface area contributed by atoms with Gasteiger partial charge in [-0.05, 0) is 50.6 Å². The molecule has 0 bridgehead atoms. The third kappa shape index (κ3) is 5.79. The van der Waals surface area contributed by atoms with Crippen molar-refractivity contribution in [2.24, 2.45) is 0 Å². The summed E-state index contributed by atoms with van der Waals surface area (Å²) >= 11 is 0. The molecule has 1 atom stereocenters. The van der Waals surface area contributed by atoms with Gasteiger partial charge >= 0.3 is 12.2 Å². The number of fused-ring (bicyclic) bond motifs is 1. The molecule has 0 N–H and O–H groups in total. The van der Waals surface area contributed by atoms with Crippen LogP contribution in [0.2, 0.25) is 0 Å². The normalized spacial score (nSPS) is 16.3. The number of benzene rings is 2. The van der Waals surface area contributed by atoms with Crippen LogP contribution in [0.25, 0.3) is 11.0 Å². The number of rotatable bonds is 4. The van der Waals surface area contributed by atoms with E-state index in [1.165, 1.54) is 34.1 Å². The minimum Gasteiger partial charge on any atom is -0.453 e. The van der Waals surface area contributed by atoms with Crippen molar-refractivity contribution in [2.45, 2.75) is 39.0 Å². The molecule has 1 aliphatic heterocycles. The van der Waals surface area contributed by atoms with E-state index in [4.69, 9.17) is 13.9 Å². The second kappa shape index (κ2) is 9.77. The Morgan fingerprint density at radius 1 is 1.03 bits per heavy atom. The number of hydrogen-bond acceptors (Lipinski definition) is 6. The van der Waals surface area contributed by atoms with Gasteiger partial charge in [-0.3, -0.25) is 9.69 Å². The predicted octanol–water partition coefficient (Wildman–Crippen LogP) is 5.01. The Morgan fingerprint density at radius 2 is 1.77 bits per heavy atom. The number of Topliss-reactive ketones (excluding diaryl/α,β-unsaturated/α-hetero) is 1. The molecule has 35 heavy (non-hydrogen) atoms. The lowest BCUT2D eigenvalue weighted by atomic mass is 10.1. The second-order valence-corrected chi connectivity index (χ2v) is 9.33. The Kier molecular flexibility index (Phi) is 6.77. The molecule has 1 saturated heterocycles. The average molecular weight is 483 g/mol. The van der Waals surface area contributed by atoms with Gasteiger partial charge in [-0.2, -0.15) is 0 Å². The van der Waals surface area contributed by atoms with Crippen LogP contribution in [-0.4, -0.2) is 59.0 Å². The van der Waals surface area contributed by atoms with Crippen molar-refractivity contribution >= 4 is 28.9 Å². The van der Waals surface area contributed by atoms with Crippen LogP contribution >= 0.6 is 0 Å². The molecule has 4 rings (SSSR count). The zero-order chi connectivity index (χ0) is 25.2. The first-order valence-corrected chi connectivity index (χ1v) is 11.3. The number of amides is 2. The highest BCUT2D eigenvalue weighted by Crippen LogP contribution is 2.25. The lowest BCUT2D eigenvalue weighted by molar-refractivity contribution is 0.00265. The number of ether oxygens (including phenoxy) is 2. The molecule has 1 unspecified atom stereocenters. The molecule has 184 valence electrons. The lowest BCUT2D eigenvalue weighted by Gasteiger charge is -2.39. The van der Waals surface area contributed by atoms with Gasteiger partial charge in [-0.25, -0.2) is 14.0 Å². The lowest BCUT2D eigenvalue weighted by Crippen LogP contribution is -2.59. The van der Waals surface area contributed by atoms with Crippen molar-refractivity contribution in [3.05, 3.63) is 71.7 Å². The van der Waals surface area contributed by atoms with Gasteiger partial charge in [0.2, 0.25) is 5.78 Å². The fourth-order valence-electron chi connectivity index (χ4n) is 3.82. The fraction of sp³-hybridized carbons (Fsp3) is 0.346. The highest BCUT2D eigenvalue weighted by atomic mass is 19.1. The van der Waals surface area contributed by atoms with Crippen LogP contribution in [0.3, 0.4) is 0 Å². The van der Waals surface area contributed by atoms with Gasteiger partial charge < -0.3 is 18.8 Å². The third-order valence-electron chi connectivity index (χ3n) is 5.50. The maximum absolute atomic E-state index is 13.6. The van der Waals surface area contributed by atoms with Gasteiger partial charge in [0, 0.05) is 18.5 Å². The number of nitrogens with zero attached hydrogens (tertiary/aromatic N) is 2. The average Bonchev–Trinajstić information content (AvgIpc) is 3.24. The highest BCUT2D eigenvalue weighted by Gasteiger charge is 2.40. The quantitative estimate of drug-likeness (QED) is 0.486. The Morgan fingerprint density at radius 3 is 2.49 bits per heavy atom. The Hall–Kier alpha value is -3.88. The Bertz CT molecular complexity index is 1230. The van der Waals surface area contributed by atoms with Crippen molar-refractivity contribution in [2.75, 3.05) is 19.6 Å². The summed E-state index contributed by atoms with van der Waals surface area (Å²) in [4.78, 5) is 41.8. The SMILES string of the molecule is CC(C)(C)OC(=O)N1CCN(C(=O)OCc2ccccc2)C(C(=O)c2cc3cc(F)ccc3o2)C1. The largest absolute Gasteiger partial charge is 0.453 e. The summed E-state index contributed by atoms with van der Waals surface area (Å²) in [5.41, 5.74) is 0.425. The van der Waals surface area contributed by atoms with Crippen molar-refractivity contribution in [1.82, 2.24) is 9.80 Å². The number of furan rings is 1. The van der Waals surface area contributed by atoms with Gasteiger partial charge in [-0.1, -0.05) is 30.3 Å². The first kappa shape index (κ1) is 24.3. The van der Waals surface area contributed by atoms with Gasteiger partial charge in [-0.15, -0.1) is 0 Å². The van der Waals surface area contributed by atoms with E-state index < -0.39 is 35.4 Å². The summed E-state index contributed by atoms with van der Waals surface area (Å²) < 4.78 is 30.2. The molecule has 8 nitrogen and oxygen atoms in total. The number of halogens is 1. The minimum absolute atomic E-state index is 0.0385. The molecular weight excluding hydrogens is 455 g/mol. The monoisotopic (exact) mass is 482 g/mol. The van der Waals surface area contributed by atoms with Crippen LogP contribution in [0.4, 0.5) is 14.0 Å². The van der Waals surface area contributed by atoms with Crippen molar-refractivity contribution in [1.29, 1.82) is 0 Å². The second-order valence-electron chi connectivity index (χ2n) is 9.33. The summed E-state index contributed by atoms with van der Waals surface area (Å²) in [5.74, 6) is -1.02. The van der Waals surface area contributed by atoms with E-state index in [9.17, 15) is 18.8 Å². The van der Waals surface area contributed by atoms with Crippen LogP contribution in [-0.2, 0) is 16.1 Å². The van der Waals surface area contributed by atoms with Crippen molar-refractivity contribution in [3.8, 4) is 0 Å². The van der Waals surface area contributed by atoms with Crippen LogP contribution in [0, 0.1) is 5.82 Å². The van der Waals surface area contributed by atoms with E-state index in [0.717, 1.165) is 5.56 Å². The minimum atomic E-state index is -1.06. The molecule has 3 aromatic rings. The van der Waals surface area contributed by atoms with E-state index in [1.54, 1.807) is 20.8 Å². The molecule has 1 aromatic heterocycles. The third-order valence-corrected chi connectivity index (χ3v) is 5.50. The van der Waals surface area contributed by atoms with E-state index >= 15 is 0 Å². The number of carbonyl (C=O) groups excluding carboxylic acids is 3. The van der Waals surface area contributed by atoms with Gasteiger partial charge in [0.25, 0.3) is 0 Å². The number of carbonyl (C=O) groups is 3.